The molecule has 0 radical (unpaired) electrons. The van der Waals surface area contributed by atoms with Gasteiger partial charge in [0.15, 0.2) is 0 Å². The van der Waals surface area contributed by atoms with Gasteiger partial charge < -0.3 is 15.5 Å². The van der Waals surface area contributed by atoms with Crippen molar-refractivity contribution in [3.8, 4) is 0 Å². The molecule has 1 aliphatic rings. The van der Waals surface area contributed by atoms with Crippen LogP contribution in [0, 0.1) is 6.92 Å². The van der Waals surface area contributed by atoms with E-state index in [0.717, 1.165) is 26.2 Å². The van der Waals surface area contributed by atoms with Crippen LogP contribution in [-0.2, 0) is 6.54 Å². The predicted molar refractivity (Wildman–Crippen MR) is 76.8 cm³/mol. The molecule has 0 bridgehead atoms. The van der Waals surface area contributed by atoms with Crippen molar-refractivity contribution in [1.82, 2.24) is 15.5 Å². The van der Waals surface area contributed by atoms with E-state index in [0.29, 0.717) is 0 Å². The van der Waals surface area contributed by atoms with Crippen LogP contribution in [0.3, 0.4) is 0 Å². The maximum Gasteiger partial charge on any atom is 0.0208 e. The summed E-state index contributed by atoms with van der Waals surface area (Å²) in [6, 6.07) is 8.60. The summed E-state index contributed by atoms with van der Waals surface area (Å²) >= 11 is 0. The zero-order chi connectivity index (χ0) is 12.6. The van der Waals surface area contributed by atoms with E-state index < -0.39 is 0 Å². The number of nitrogens with one attached hydrogen (secondary N) is 2. The Morgan fingerprint density at radius 3 is 2.78 bits per heavy atom. The molecule has 18 heavy (non-hydrogen) atoms. The molecular weight excluding hydrogens is 222 g/mol. The Kier molecular flexibility index (Phi) is 5.65. The van der Waals surface area contributed by atoms with Crippen LogP contribution in [0.25, 0.3) is 0 Å². The zero-order valence-electron chi connectivity index (χ0n) is 11.4. The van der Waals surface area contributed by atoms with Gasteiger partial charge in [-0.2, -0.15) is 0 Å². The quantitative estimate of drug-likeness (QED) is 0.744. The lowest BCUT2D eigenvalue weighted by atomic mass is 10.1. The third kappa shape index (κ3) is 4.41. The van der Waals surface area contributed by atoms with Crippen LogP contribution < -0.4 is 10.6 Å². The smallest absolute Gasteiger partial charge is 0.0208 e. The Bertz CT molecular complexity index is 345. The van der Waals surface area contributed by atoms with Gasteiger partial charge in [0.1, 0.15) is 0 Å². The molecule has 0 amide bonds. The average molecular weight is 247 g/mol. The molecule has 3 heteroatoms. The molecule has 0 aromatic heterocycles. The molecule has 1 aromatic carbocycles. The first-order valence-electron chi connectivity index (χ1n) is 7.04. The molecule has 1 aliphatic heterocycles. The molecule has 2 N–H and O–H groups in total. The normalized spacial score (nSPS) is 16.9. The van der Waals surface area contributed by atoms with Crippen molar-refractivity contribution in [2.75, 3.05) is 39.3 Å². The molecule has 3 nitrogen and oxygen atoms in total. The second-order valence-corrected chi connectivity index (χ2v) is 5.05. The van der Waals surface area contributed by atoms with Gasteiger partial charge in [-0.1, -0.05) is 24.3 Å². The number of benzene rings is 1. The highest BCUT2D eigenvalue weighted by Crippen LogP contribution is 2.05. The fourth-order valence-electron chi connectivity index (χ4n) is 2.39. The second kappa shape index (κ2) is 7.52. The minimum Gasteiger partial charge on any atom is -0.314 e. The molecule has 1 saturated heterocycles. The SMILES string of the molecule is Cc1ccccc1CNCCCN1CCNCC1. The lowest BCUT2D eigenvalue weighted by Crippen LogP contribution is -2.44. The standard InChI is InChI=1S/C15H25N3/c1-14-5-2-3-6-15(14)13-17-7-4-10-18-11-8-16-9-12-18/h2-3,5-6,16-17H,4,7-13H2,1H3. The summed E-state index contributed by atoms with van der Waals surface area (Å²) in [5.74, 6) is 0. The molecule has 1 aromatic rings. The summed E-state index contributed by atoms with van der Waals surface area (Å²) in [4.78, 5) is 2.55. The van der Waals surface area contributed by atoms with Crippen LogP contribution in [0.1, 0.15) is 17.5 Å². The van der Waals surface area contributed by atoms with E-state index in [4.69, 9.17) is 0 Å². The molecule has 1 heterocycles. The van der Waals surface area contributed by atoms with Crippen LogP contribution in [0.15, 0.2) is 24.3 Å². The van der Waals surface area contributed by atoms with Crippen LogP contribution >= 0.6 is 0 Å². The first kappa shape index (κ1) is 13.5. The highest BCUT2D eigenvalue weighted by molar-refractivity contribution is 5.25. The zero-order valence-corrected chi connectivity index (χ0v) is 11.4. The lowest BCUT2D eigenvalue weighted by Gasteiger charge is -2.27. The van der Waals surface area contributed by atoms with Crippen molar-refractivity contribution >= 4 is 0 Å². The monoisotopic (exact) mass is 247 g/mol. The number of hydrogen-bond acceptors (Lipinski definition) is 3. The van der Waals surface area contributed by atoms with Gasteiger partial charge in [0.25, 0.3) is 0 Å². The van der Waals surface area contributed by atoms with Crippen molar-refractivity contribution < 1.29 is 0 Å². The number of hydrogen-bond donors (Lipinski definition) is 2. The summed E-state index contributed by atoms with van der Waals surface area (Å²) in [6.45, 7) is 10.2. The van der Waals surface area contributed by atoms with Crippen molar-refractivity contribution in [3.63, 3.8) is 0 Å². The van der Waals surface area contributed by atoms with Gasteiger partial charge >= 0.3 is 0 Å². The average Bonchev–Trinajstić information content (AvgIpc) is 2.42. The van der Waals surface area contributed by atoms with Crippen LogP contribution in [-0.4, -0.2) is 44.2 Å². The van der Waals surface area contributed by atoms with Gasteiger partial charge in [-0.3, -0.25) is 0 Å². The van der Waals surface area contributed by atoms with Crippen LogP contribution in [0.5, 0.6) is 0 Å². The Balaban J connectivity index is 1.57. The lowest BCUT2D eigenvalue weighted by molar-refractivity contribution is 0.237. The molecule has 0 saturated carbocycles. The van der Waals surface area contributed by atoms with Crippen LogP contribution in [0.4, 0.5) is 0 Å². The summed E-state index contributed by atoms with van der Waals surface area (Å²) in [7, 11) is 0. The summed E-state index contributed by atoms with van der Waals surface area (Å²) in [5.41, 5.74) is 2.80. The molecule has 0 unspecified atom stereocenters. The Morgan fingerprint density at radius 2 is 2.00 bits per heavy atom. The molecule has 100 valence electrons. The Hall–Kier alpha value is -0.900. The minimum absolute atomic E-state index is 0.994. The number of piperazine rings is 1. The van der Waals surface area contributed by atoms with Gasteiger partial charge in [0, 0.05) is 32.7 Å². The minimum atomic E-state index is 0.994. The molecule has 1 fully saturated rings. The summed E-state index contributed by atoms with van der Waals surface area (Å²) < 4.78 is 0. The van der Waals surface area contributed by atoms with E-state index in [-0.39, 0.29) is 0 Å². The first-order valence-corrected chi connectivity index (χ1v) is 7.04. The maximum absolute atomic E-state index is 3.54. The predicted octanol–water partition coefficient (Wildman–Crippen LogP) is 1.38. The number of rotatable bonds is 6. The van der Waals surface area contributed by atoms with E-state index in [9.17, 15) is 0 Å². The maximum atomic E-state index is 3.54. The second-order valence-electron chi connectivity index (χ2n) is 5.05. The summed E-state index contributed by atoms with van der Waals surface area (Å²) in [6.07, 6.45) is 1.24. The van der Waals surface area contributed by atoms with Crippen molar-refractivity contribution in [1.29, 1.82) is 0 Å². The molecule has 0 atom stereocenters. The van der Waals surface area contributed by atoms with Gasteiger partial charge in [-0.15, -0.1) is 0 Å². The van der Waals surface area contributed by atoms with E-state index in [2.05, 4.69) is 46.7 Å². The number of aryl methyl sites for hydroxylation is 1. The topological polar surface area (TPSA) is 27.3 Å². The van der Waals surface area contributed by atoms with E-state index in [1.807, 2.05) is 0 Å². The highest BCUT2D eigenvalue weighted by Gasteiger charge is 2.07. The molecule has 0 aliphatic carbocycles. The van der Waals surface area contributed by atoms with Gasteiger partial charge in [-0.05, 0) is 37.6 Å². The molecule has 0 spiro atoms. The third-order valence-electron chi connectivity index (χ3n) is 3.61. The Morgan fingerprint density at radius 1 is 1.22 bits per heavy atom. The highest BCUT2D eigenvalue weighted by atomic mass is 15.2. The largest absolute Gasteiger partial charge is 0.314 e. The van der Waals surface area contributed by atoms with Crippen molar-refractivity contribution in [3.05, 3.63) is 35.4 Å². The van der Waals surface area contributed by atoms with E-state index in [1.165, 1.54) is 37.2 Å². The Labute approximate surface area is 111 Å². The van der Waals surface area contributed by atoms with Crippen LogP contribution in [0.2, 0.25) is 0 Å². The van der Waals surface area contributed by atoms with Gasteiger partial charge in [0.2, 0.25) is 0 Å². The first-order chi connectivity index (χ1) is 8.86. The van der Waals surface area contributed by atoms with Crippen molar-refractivity contribution in [2.24, 2.45) is 0 Å². The van der Waals surface area contributed by atoms with Gasteiger partial charge in [0.05, 0.1) is 0 Å². The fourth-order valence-corrected chi connectivity index (χ4v) is 2.39. The fraction of sp³-hybridized carbons (Fsp3) is 0.600. The van der Waals surface area contributed by atoms with Gasteiger partial charge in [-0.25, -0.2) is 0 Å². The summed E-state index contributed by atoms with van der Waals surface area (Å²) in [5, 5.41) is 6.93. The molecule has 2 rings (SSSR count). The van der Waals surface area contributed by atoms with E-state index >= 15 is 0 Å². The third-order valence-corrected chi connectivity index (χ3v) is 3.61. The van der Waals surface area contributed by atoms with E-state index in [1.54, 1.807) is 0 Å². The molecular formula is C15H25N3. The number of nitrogens with zero attached hydrogens (tertiary/aromatic N) is 1. The van der Waals surface area contributed by atoms with Crippen molar-refractivity contribution in [2.45, 2.75) is 19.9 Å².